The van der Waals surface area contributed by atoms with E-state index in [1.54, 1.807) is 10.9 Å². The number of amides is 1. The first-order valence-corrected chi connectivity index (χ1v) is 6.53. The molecule has 106 valence electrons. The highest BCUT2D eigenvalue weighted by Gasteiger charge is 2.29. The molecule has 0 spiro atoms. The van der Waals surface area contributed by atoms with Gasteiger partial charge in [0.2, 0.25) is 5.91 Å². The van der Waals surface area contributed by atoms with E-state index >= 15 is 0 Å². The van der Waals surface area contributed by atoms with Gasteiger partial charge in [0.15, 0.2) is 6.04 Å². The van der Waals surface area contributed by atoms with E-state index in [1.165, 1.54) is 18.0 Å². The first-order valence-electron chi connectivity index (χ1n) is 6.53. The molecule has 6 nitrogen and oxygen atoms in total. The van der Waals surface area contributed by atoms with Gasteiger partial charge in [-0.3, -0.25) is 9.48 Å². The molecule has 0 radical (unpaired) electrons. The van der Waals surface area contributed by atoms with Crippen LogP contribution < -0.4 is 0 Å². The molecule has 1 aromatic rings. The summed E-state index contributed by atoms with van der Waals surface area (Å²) in [5.74, 6) is -1.27. The zero-order chi connectivity index (χ0) is 14.4. The van der Waals surface area contributed by atoms with Gasteiger partial charge >= 0.3 is 5.97 Å². The second kappa shape index (κ2) is 6.92. The van der Waals surface area contributed by atoms with E-state index in [1.807, 2.05) is 13.8 Å². The van der Waals surface area contributed by atoms with Crippen LogP contribution >= 0.6 is 0 Å². The lowest BCUT2D eigenvalue weighted by molar-refractivity contribution is -0.149. The Labute approximate surface area is 113 Å². The molecule has 6 heteroatoms. The van der Waals surface area contributed by atoms with Crippen molar-refractivity contribution in [1.29, 1.82) is 0 Å². The molecule has 0 bridgehead atoms. The Morgan fingerprint density at radius 3 is 2.58 bits per heavy atom. The van der Waals surface area contributed by atoms with Gasteiger partial charge in [-0.2, -0.15) is 5.10 Å². The van der Waals surface area contributed by atoms with Crippen LogP contribution in [0.3, 0.4) is 0 Å². The smallest absolute Gasteiger partial charge is 0.331 e. The molecule has 1 atom stereocenters. The van der Waals surface area contributed by atoms with Crippen molar-refractivity contribution in [3.05, 3.63) is 18.0 Å². The molecule has 1 unspecified atom stereocenters. The Morgan fingerprint density at radius 2 is 2.11 bits per heavy atom. The minimum atomic E-state index is -1.03. The number of rotatable bonds is 7. The Morgan fingerprint density at radius 1 is 1.42 bits per heavy atom. The van der Waals surface area contributed by atoms with Crippen LogP contribution in [-0.4, -0.2) is 38.2 Å². The third-order valence-corrected chi connectivity index (χ3v) is 2.84. The highest BCUT2D eigenvalue weighted by atomic mass is 16.4. The minimum Gasteiger partial charge on any atom is -0.479 e. The van der Waals surface area contributed by atoms with Crippen LogP contribution in [0.2, 0.25) is 0 Å². The lowest BCUT2D eigenvalue weighted by Crippen LogP contribution is -2.38. The Bertz CT molecular complexity index is 442. The molecular weight excluding hydrogens is 246 g/mol. The molecular formula is C13H21N3O3. The second-order valence-electron chi connectivity index (χ2n) is 4.49. The Hall–Kier alpha value is -1.85. The van der Waals surface area contributed by atoms with Crippen molar-refractivity contribution in [3.8, 4) is 0 Å². The number of hydrogen-bond donors (Lipinski definition) is 1. The van der Waals surface area contributed by atoms with Crippen LogP contribution in [0.25, 0.3) is 0 Å². The molecule has 1 aromatic heterocycles. The van der Waals surface area contributed by atoms with Crippen LogP contribution in [0.4, 0.5) is 0 Å². The van der Waals surface area contributed by atoms with Crippen molar-refractivity contribution in [2.45, 2.75) is 46.2 Å². The molecule has 0 aromatic carbocycles. The number of aryl methyl sites for hydroxylation is 1. The molecule has 0 fully saturated rings. The second-order valence-corrected chi connectivity index (χ2v) is 4.49. The summed E-state index contributed by atoms with van der Waals surface area (Å²) in [6.45, 7) is 6.48. The van der Waals surface area contributed by atoms with Crippen LogP contribution in [0.15, 0.2) is 12.4 Å². The number of carboxylic acids is 1. The van der Waals surface area contributed by atoms with E-state index < -0.39 is 12.0 Å². The van der Waals surface area contributed by atoms with Crippen LogP contribution in [0, 0.1) is 0 Å². The molecule has 1 rings (SSSR count). The summed E-state index contributed by atoms with van der Waals surface area (Å²) < 4.78 is 1.70. The third-order valence-electron chi connectivity index (χ3n) is 2.84. The Balaban J connectivity index is 3.03. The first-order chi connectivity index (χ1) is 9.01. The van der Waals surface area contributed by atoms with Crippen LogP contribution in [-0.2, 0) is 16.1 Å². The molecule has 0 aliphatic carbocycles. The molecule has 19 heavy (non-hydrogen) atoms. The van der Waals surface area contributed by atoms with Crippen LogP contribution in [0.1, 0.15) is 45.2 Å². The number of carboxylic acid groups (broad SMARTS) is 1. The van der Waals surface area contributed by atoms with Gasteiger partial charge in [0.25, 0.3) is 0 Å². The van der Waals surface area contributed by atoms with E-state index in [-0.39, 0.29) is 5.91 Å². The van der Waals surface area contributed by atoms with Gasteiger partial charge < -0.3 is 10.0 Å². The molecule has 0 aliphatic rings. The number of hydrogen-bond acceptors (Lipinski definition) is 3. The van der Waals surface area contributed by atoms with Gasteiger partial charge in [-0.25, -0.2) is 4.79 Å². The lowest BCUT2D eigenvalue weighted by atomic mass is 10.1. The van der Waals surface area contributed by atoms with Gasteiger partial charge in [-0.1, -0.05) is 13.8 Å². The van der Waals surface area contributed by atoms with Crippen molar-refractivity contribution < 1.29 is 14.7 Å². The molecule has 0 saturated carbocycles. The summed E-state index contributed by atoms with van der Waals surface area (Å²) >= 11 is 0. The van der Waals surface area contributed by atoms with E-state index in [0.717, 1.165) is 13.0 Å². The fourth-order valence-electron chi connectivity index (χ4n) is 2.04. The van der Waals surface area contributed by atoms with E-state index in [4.69, 9.17) is 0 Å². The number of nitrogens with zero attached hydrogens (tertiary/aromatic N) is 3. The van der Waals surface area contributed by atoms with E-state index in [9.17, 15) is 14.7 Å². The van der Waals surface area contributed by atoms with Crippen molar-refractivity contribution in [2.75, 3.05) is 6.54 Å². The maximum absolute atomic E-state index is 11.6. The summed E-state index contributed by atoms with van der Waals surface area (Å²) in [6.07, 6.45) is 4.87. The maximum Gasteiger partial charge on any atom is 0.331 e. The summed E-state index contributed by atoms with van der Waals surface area (Å²) in [6, 6.07) is -0.956. The van der Waals surface area contributed by atoms with Crippen LogP contribution in [0.5, 0.6) is 0 Å². The quantitative estimate of drug-likeness (QED) is 0.815. The third kappa shape index (κ3) is 3.81. The summed E-state index contributed by atoms with van der Waals surface area (Å²) in [4.78, 5) is 24.4. The predicted octanol–water partition coefficient (Wildman–Crippen LogP) is 1.68. The van der Waals surface area contributed by atoms with Gasteiger partial charge in [0.1, 0.15) is 0 Å². The highest BCUT2D eigenvalue weighted by Crippen LogP contribution is 2.21. The van der Waals surface area contributed by atoms with Gasteiger partial charge in [0, 0.05) is 31.8 Å². The molecule has 1 N–H and O–H groups in total. The highest BCUT2D eigenvalue weighted by molar-refractivity contribution is 5.83. The average molecular weight is 267 g/mol. The lowest BCUT2D eigenvalue weighted by Gasteiger charge is -2.26. The molecule has 1 amide bonds. The number of carbonyl (C=O) groups excluding carboxylic acids is 1. The molecule has 0 saturated heterocycles. The largest absolute Gasteiger partial charge is 0.479 e. The number of aliphatic carboxylic acids is 1. The molecule has 0 aliphatic heterocycles. The van der Waals surface area contributed by atoms with Gasteiger partial charge in [-0.15, -0.1) is 0 Å². The van der Waals surface area contributed by atoms with E-state index in [0.29, 0.717) is 18.5 Å². The topological polar surface area (TPSA) is 75.4 Å². The SMILES string of the molecule is CCCN(C(C)=O)C(C(=O)O)c1cnn(CCC)c1. The first kappa shape index (κ1) is 15.2. The van der Waals surface area contributed by atoms with Gasteiger partial charge in [-0.05, 0) is 12.8 Å². The van der Waals surface area contributed by atoms with Crippen molar-refractivity contribution in [2.24, 2.45) is 0 Å². The zero-order valence-electron chi connectivity index (χ0n) is 11.7. The van der Waals surface area contributed by atoms with Gasteiger partial charge in [0.05, 0.1) is 6.20 Å². The average Bonchev–Trinajstić information content (AvgIpc) is 2.76. The summed E-state index contributed by atoms with van der Waals surface area (Å²) in [5, 5.41) is 13.5. The van der Waals surface area contributed by atoms with Crippen molar-refractivity contribution in [3.63, 3.8) is 0 Å². The van der Waals surface area contributed by atoms with E-state index in [2.05, 4.69) is 5.10 Å². The predicted molar refractivity (Wildman–Crippen MR) is 70.6 cm³/mol. The fourth-order valence-corrected chi connectivity index (χ4v) is 2.04. The number of aromatic nitrogens is 2. The minimum absolute atomic E-state index is 0.238. The standard InChI is InChI=1S/C13H21N3O3/c1-4-6-15-9-11(8-14-15)12(13(18)19)16(7-5-2)10(3)17/h8-9,12H,4-7H2,1-3H3,(H,18,19). The Kier molecular flexibility index (Phi) is 5.54. The maximum atomic E-state index is 11.6. The normalized spacial score (nSPS) is 12.2. The fraction of sp³-hybridized carbons (Fsp3) is 0.615. The molecule has 1 heterocycles. The summed E-state index contributed by atoms with van der Waals surface area (Å²) in [5.41, 5.74) is 0.546. The monoisotopic (exact) mass is 267 g/mol. The van der Waals surface area contributed by atoms with Crippen molar-refractivity contribution >= 4 is 11.9 Å². The number of carbonyl (C=O) groups is 2. The van der Waals surface area contributed by atoms with Crippen molar-refractivity contribution in [1.82, 2.24) is 14.7 Å². The summed E-state index contributed by atoms with van der Waals surface area (Å²) in [7, 11) is 0. The zero-order valence-corrected chi connectivity index (χ0v) is 11.7.